The molecule has 1 aromatic heterocycles. The standard InChI is InChI=1S/C13H17ClN2OS/c1-13(2,3)18(17)16-10-6-4-5-9-7-8-11(14)15-12(9)10/h7-8H,4-6H2,1-3H3/b16-10+/t18-/m1/s1. The first-order valence-corrected chi connectivity index (χ1v) is 7.52. The lowest BCUT2D eigenvalue weighted by molar-refractivity contribution is 0.650. The van der Waals surface area contributed by atoms with Gasteiger partial charge in [-0.3, -0.25) is 0 Å². The van der Waals surface area contributed by atoms with E-state index in [1.54, 1.807) is 6.07 Å². The van der Waals surface area contributed by atoms with E-state index in [1.807, 2.05) is 26.8 Å². The van der Waals surface area contributed by atoms with Crippen molar-refractivity contribution in [2.24, 2.45) is 4.40 Å². The van der Waals surface area contributed by atoms with Crippen molar-refractivity contribution in [1.82, 2.24) is 4.98 Å². The molecule has 0 N–H and O–H groups in total. The van der Waals surface area contributed by atoms with Crippen molar-refractivity contribution in [1.29, 1.82) is 0 Å². The first kappa shape index (κ1) is 13.7. The maximum atomic E-state index is 12.1. The smallest absolute Gasteiger partial charge is 0.145 e. The fourth-order valence-electron chi connectivity index (χ4n) is 1.81. The highest BCUT2D eigenvalue weighted by Gasteiger charge is 2.23. The van der Waals surface area contributed by atoms with Crippen molar-refractivity contribution in [2.45, 2.75) is 44.8 Å². The number of rotatable bonds is 1. The molecule has 1 atom stereocenters. The third-order valence-corrected chi connectivity index (χ3v) is 4.44. The van der Waals surface area contributed by atoms with Crippen LogP contribution in [0.4, 0.5) is 0 Å². The van der Waals surface area contributed by atoms with Crippen LogP contribution in [0.3, 0.4) is 0 Å². The molecule has 1 aromatic rings. The van der Waals surface area contributed by atoms with Gasteiger partial charge in [-0.25, -0.2) is 9.19 Å². The molecule has 0 spiro atoms. The minimum absolute atomic E-state index is 0.344. The number of hydrogen-bond donors (Lipinski definition) is 0. The van der Waals surface area contributed by atoms with E-state index < -0.39 is 11.0 Å². The van der Waals surface area contributed by atoms with Crippen molar-refractivity contribution in [2.75, 3.05) is 0 Å². The van der Waals surface area contributed by atoms with Crippen molar-refractivity contribution < 1.29 is 4.21 Å². The molecule has 5 heteroatoms. The number of hydrogen-bond acceptors (Lipinski definition) is 2. The number of nitrogens with zero attached hydrogens (tertiary/aromatic N) is 2. The van der Waals surface area contributed by atoms with Gasteiger partial charge in [-0.05, 0) is 51.7 Å². The molecule has 0 aliphatic heterocycles. The zero-order valence-corrected chi connectivity index (χ0v) is 12.4. The zero-order chi connectivity index (χ0) is 13.3. The van der Waals surface area contributed by atoms with E-state index in [2.05, 4.69) is 9.38 Å². The second-order valence-electron chi connectivity index (χ2n) is 5.39. The maximum Gasteiger partial charge on any atom is 0.145 e. The Morgan fingerprint density at radius 1 is 1.33 bits per heavy atom. The average molecular weight is 285 g/mol. The van der Waals surface area contributed by atoms with Gasteiger partial charge in [0, 0.05) is 0 Å². The molecule has 0 amide bonds. The van der Waals surface area contributed by atoms with Crippen LogP contribution in [0.1, 0.15) is 44.9 Å². The van der Waals surface area contributed by atoms with Gasteiger partial charge in [0.15, 0.2) is 0 Å². The molecule has 0 unspecified atom stereocenters. The molecule has 0 bridgehead atoms. The van der Waals surface area contributed by atoms with E-state index in [1.165, 1.54) is 0 Å². The van der Waals surface area contributed by atoms with E-state index >= 15 is 0 Å². The molecule has 1 aliphatic carbocycles. The Hall–Kier alpha value is -0.740. The molecule has 3 nitrogen and oxygen atoms in total. The molecule has 0 saturated carbocycles. The van der Waals surface area contributed by atoms with Gasteiger partial charge in [-0.15, -0.1) is 0 Å². The van der Waals surface area contributed by atoms with Gasteiger partial charge in [0.05, 0.1) is 16.2 Å². The Morgan fingerprint density at radius 2 is 2.06 bits per heavy atom. The number of aromatic nitrogens is 1. The quantitative estimate of drug-likeness (QED) is 0.743. The summed E-state index contributed by atoms with van der Waals surface area (Å²) in [5.74, 6) is 0. The summed E-state index contributed by atoms with van der Waals surface area (Å²) in [6.07, 6.45) is 2.83. The van der Waals surface area contributed by atoms with E-state index in [-0.39, 0.29) is 4.75 Å². The zero-order valence-electron chi connectivity index (χ0n) is 10.9. The Kier molecular flexibility index (Phi) is 3.87. The van der Waals surface area contributed by atoms with E-state index in [9.17, 15) is 4.21 Å². The molecule has 98 valence electrons. The molecule has 0 fully saturated rings. The van der Waals surface area contributed by atoms with Crippen LogP contribution in [-0.2, 0) is 17.4 Å². The van der Waals surface area contributed by atoms with Gasteiger partial charge in [-0.1, -0.05) is 17.7 Å². The van der Waals surface area contributed by atoms with E-state index in [4.69, 9.17) is 11.6 Å². The summed E-state index contributed by atoms with van der Waals surface area (Å²) < 4.78 is 16.1. The minimum Gasteiger partial charge on any atom is -0.235 e. The van der Waals surface area contributed by atoms with Crippen molar-refractivity contribution in [3.05, 3.63) is 28.5 Å². The van der Waals surface area contributed by atoms with Gasteiger partial charge in [0.25, 0.3) is 0 Å². The third-order valence-electron chi connectivity index (χ3n) is 2.79. The monoisotopic (exact) mass is 284 g/mol. The maximum absolute atomic E-state index is 12.1. The summed E-state index contributed by atoms with van der Waals surface area (Å²) in [4.78, 5) is 4.33. The Balaban J connectivity index is 2.41. The predicted octanol–water partition coefficient (Wildman–Crippen LogP) is 3.32. The minimum atomic E-state index is -1.24. The molecule has 1 aliphatic rings. The lowest BCUT2D eigenvalue weighted by Crippen LogP contribution is -2.23. The summed E-state index contributed by atoms with van der Waals surface area (Å²) >= 11 is 5.93. The molecular formula is C13H17ClN2OS. The highest BCUT2D eigenvalue weighted by molar-refractivity contribution is 7.85. The molecule has 0 saturated heterocycles. The van der Waals surface area contributed by atoms with Gasteiger partial charge < -0.3 is 0 Å². The van der Waals surface area contributed by atoms with Crippen LogP contribution in [0.15, 0.2) is 16.5 Å². The number of pyridine rings is 1. The number of halogens is 1. The normalized spacial score (nSPS) is 19.7. The lowest BCUT2D eigenvalue weighted by atomic mass is 9.95. The summed E-state index contributed by atoms with van der Waals surface area (Å²) in [6, 6.07) is 3.78. The Morgan fingerprint density at radius 3 is 2.72 bits per heavy atom. The van der Waals surface area contributed by atoms with Crippen LogP contribution >= 0.6 is 11.6 Å². The SMILES string of the molecule is CC(C)(C)[S@@](=O)/N=C1\CCCc2ccc(Cl)nc21. The van der Waals surface area contributed by atoms with Crippen LogP contribution < -0.4 is 0 Å². The summed E-state index contributed by atoms with van der Waals surface area (Å²) in [7, 11) is -1.24. The largest absolute Gasteiger partial charge is 0.235 e. The highest BCUT2D eigenvalue weighted by Crippen LogP contribution is 2.24. The number of aryl methyl sites for hydroxylation is 1. The van der Waals surface area contributed by atoms with Crippen molar-refractivity contribution in [3.8, 4) is 0 Å². The summed E-state index contributed by atoms with van der Waals surface area (Å²) in [5, 5.41) is 0.463. The molecule has 0 radical (unpaired) electrons. The van der Waals surface area contributed by atoms with Crippen molar-refractivity contribution in [3.63, 3.8) is 0 Å². The average Bonchev–Trinajstić information content (AvgIpc) is 2.28. The number of fused-ring (bicyclic) bond motifs is 1. The second-order valence-corrected chi connectivity index (χ2v) is 7.69. The van der Waals surface area contributed by atoms with Gasteiger partial charge in [-0.2, -0.15) is 4.40 Å². The molecule has 1 heterocycles. The van der Waals surface area contributed by atoms with Crippen LogP contribution in [-0.4, -0.2) is 19.7 Å². The highest BCUT2D eigenvalue weighted by atomic mass is 35.5. The molecule has 2 rings (SSSR count). The molecule has 0 aromatic carbocycles. The molecular weight excluding hydrogens is 268 g/mol. The van der Waals surface area contributed by atoms with Crippen LogP contribution in [0.25, 0.3) is 0 Å². The first-order valence-electron chi connectivity index (χ1n) is 6.03. The van der Waals surface area contributed by atoms with Crippen molar-refractivity contribution >= 4 is 28.3 Å². The topological polar surface area (TPSA) is 42.3 Å². The van der Waals surface area contributed by atoms with E-state index in [0.717, 1.165) is 36.2 Å². The predicted molar refractivity (Wildman–Crippen MR) is 76.6 cm³/mol. The summed E-state index contributed by atoms with van der Waals surface area (Å²) in [6.45, 7) is 5.76. The molecule has 18 heavy (non-hydrogen) atoms. The third kappa shape index (κ3) is 2.98. The van der Waals surface area contributed by atoms with E-state index in [0.29, 0.717) is 5.15 Å². The van der Waals surface area contributed by atoms with Gasteiger partial charge in [0.2, 0.25) is 0 Å². The lowest BCUT2D eigenvalue weighted by Gasteiger charge is -2.19. The Labute approximate surface area is 115 Å². The van der Waals surface area contributed by atoms with Crippen LogP contribution in [0.2, 0.25) is 5.15 Å². The fraction of sp³-hybridized carbons (Fsp3) is 0.538. The van der Waals surface area contributed by atoms with Gasteiger partial charge in [0.1, 0.15) is 16.1 Å². The summed E-state index contributed by atoms with van der Waals surface area (Å²) in [5.41, 5.74) is 2.80. The van der Waals surface area contributed by atoms with Gasteiger partial charge >= 0.3 is 0 Å². The van der Waals surface area contributed by atoms with Crippen LogP contribution in [0.5, 0.6) is 0 Å². The first-order chi connectivity index (χ1) is 8.38. The second kappa shape index (κ2) is 5.10. The Bertz CT molecular complexity index is 520. The van der Waals surface area contributed by atoms with Crippen LogP contribution in [0, 0.1) is 0 Å². The fourth-order valence-corrected chi connectivity index (χ4v) is 2.61.